The third kappa shape index (κ3) is 5.14. The van der Waals surface area contributed by atoms with Crippen LogP contribution in [-0.2, 0) is 11.3 Å². The van der Waals surface area contributed by atoms with Gasteiger partial charge in [0.1, 0.15) is 0 Å². The van der Waals surface area contributed by atoms with E-state index < -0.39 is 0 Å². The Morgan fingerprint density at radius 3 is 2.91 bits per heavy atom. The molecule has 176 valence electrons. The molecule has 1 aliphatic heterocycles. The monoisotopic (exact) mass is 452 g/mol. The van der Waals surface area contributed by atoms with Gasteiger partial charge in [-0.1, -0.05) is 6.58 Å². The van der Waals surface area contributed by atoms with Gasteiger partial charge in [-0.05, 0) is 40.4 Å². The predicted octanol–water partition coefficient (Wildman–Crippen LogP) is 1.79. The molecule has 0 aromatic carbocycles. The molecular weight excluding hydrogens is 420 g/mol. The molecular formula is C22H32N10O. The summed E-state index contributed by atoms with van der Waals surface area (Å²) in [6.45, 7) is 10.8. The maximum Gasteiger partial charge on any atom is 0.243 e. The van der Waals surface area contributed by atoms with Gasteiger partial charge in [0.25, 0.3) is 0 Å². The van der Waals surface area contributed by atoms with Gasteiger partial charge in [-0.2, -0.15) is 15.1 Å². The van der Waals surface area contributed by atoms with Crippen molar-refractivity contribution >= 4 is 34.5 Å². The predicted molar refractivity (Wildman–Crippen MR) is 129 cm³/mol. The fraction of sp³-hybridized carbons (Fsp3) is 0.500. The van der Waals surface area contributed by atoms with E-state index in [0.29, 0.717) is 23.8 Å². The molecule has 1 saturated heterocycles. The first-order chi connectivity index (χ1) is 15.8. The van der Waals surface area contributed by atoms with Crippen LogP contribution in [0, 0.1) is 0 Å². The average molecular weight is 453 g/mol. The van der Waals surface area contributed by atoms with Crippen LogP contribution >= 0.6 is 0 Å². The number of imidazole rings is 1. The number of carbonyl (C=O) groups is 1. The van der Waals surface area contributed by atoms with E-state index >= 15 is 0 Å². The van der Waals surface area contributed by atoms with Crippen molar-refractivity contribution in [2.24, 2.45) is 0 Å². The number of likely N-dealkylation sites (N-methyl/N-ethyl adjacent to an activating group) is 1. The second-order valence-corrected chi connectivity index (χ2v) is 8.85. The Morgan fingerprint density at radius 1 is 1.36 bits per heavy atom. The Kier molecular flexibility index (Phi) is 6.59. The lowest BCUT2D eigenvalue weighted by Gasteiger charge is -2.18. The van der Waals surface area contributed by atoms with E-state index in [1.54, 1.807) is 12.5 Å². The molecule has 0 spiro atoms. The Hall–Kier alpha value is -3.47. The van der Waals surface area contributed by atoms with E-state index in [-0.39, 0.29) is 18.0 Å². The zero-order valence-electron chi connectivity index (χ0n) is 19.7. The summed E-state index contributed by atoms with van der Waals surface area (Å²) < 4.78 is 3.95. The lowest BCUT2D eigenvalue weighted by atomic mass is 10.2. The van der Waals surface area contributed by atoms with Gasteiger partial charge in [-0.25, -0.2) is 4.98 Å². The van der Waals surface area contributed by atoms with Crippen LogP contribution in [0.3, 0.4) is 0 Å². The molecule has 1 amide bonds. The van der Waals surface area contributed by atoms with Crippen molar-refractivity contribution in [3.63, 3.8) is 0 Å². The first-order valence-corrected chi connectivity index (χ1v) is 11.2. The Morgan fingerprint density at radius 2 is 2.18 bits per heavy atom. The van der Waals surface area contributed by atoms with Crippen molar-refractivity contribution in [2.45, 2.75) is 38.9 Å². The molecule has 4 rings (SSSR count). The van der Waals surface area contributed by atoms with Gasteiger partial charge in [0.05, 0.1) is 24.8 Å². The molecule has 4 heterocycles. The Balaban J connectivity index is 1.62. The molecule has 3 aromatic heterocycles. The fourth-order valence-electron chi connectivity index (χ4n) is 3.82. The van der Waals surface area contributed by atoms with Crippen molar-refractivity contribution < 1.29 is 4.79 Å². The van der Waals surface area contributed by atoms with Crippen LogP contribution in [0.5, 0.6) is 0 Å². The summed E-state index contributed by atoms with van der Waals surface area (Å²) in [7, 11) is 4.08. The topological polar surface area (TPSA) is 109 Å². The number of hydrogen-bond acceptors (Lipinski definition) is 8. The number of carbonyl (C=O) groups excluding carboxylic acids is 1. The molecule has 0 aliphatic carbocycles. The van der Waals surface area contributed by atoms with Gasteiger partial charge in [-0.3, -0.25) is 9.48 Å². The zero-order chi connectivity index (χ0) is 23.5. The number of hydrogen-bond donors (Lipinski definition) is 2. The number of rotatable bonds is 9. The summed E-state index contributed by atoms with van der Waals surface area (Å²) in [6.07, 6.45) is 7.68. The third-order valence-electron chi connectivity index (χ3n) is 5.64. The van der Waals surface area contributed by atoms with E-state index in [1.165, 1.54) is 6.08 Å². The van der Waals surface area contributed by atoms with Gasteiger partial charge >= 0.3 is 0 Å². The van der Waals surface area contributed by atoms with Crippen LogP contribution < -0.4 is 15.5 Å². The van der Waals surface area contributed by atoms with E-state index in [2.05, 4.69) is 50.9 Å². The lowest BCUT2D eigenvalue weighted by molar-refractivity contribution is -0.117. The summed E-state index contributed by atoms with van der Waals surface area (Å²) in [5.41, 5.74) is 2.33. The van der Waals surface area contributed by atoms with Gasteiger partial charge in [0.15, 0.2) is 17.0 Å². The van der Waals surface area contributed by atoms with Crippen LogP contribution in [-0.4, -0.2) is 79.9 Å². The summed E-state index contributed by atoms with van der Waals surface area (Å²) in [5.74, 6) is 1.09. The molecule has 1 unspecified atom stereocenters. The second kappa shape index (κ2) is 9.57. The second-order valence-electron chi connectivity index (χ2n) is 8.85. The molecule has 3 aromatic rings. The van der Waals surface area contributed by atoms with E-state index in [0.717, 1.165) is 37.4 Å². The average Bonchev–Trinajstić information content (AvgIpc) is 3.51. The Bertz CT molecular complexity index is 1130. The minimum absolute atomic E-state index is 0.0381. The van der Waals surface area contributed by atoms with E-state index in [1.807, 2.05) is 29.5 Å². The number of nitrogens with one attached hydrogen (secondary N) is 2. The molecule has 0 radical (unpaired) electrons. The smallest absolute Gasteiger partial charge is 0.243 e. The summed E-state index contributed by atoms with van der Waals surface area (Å²) in [6, 6.07) is 0.244. The van der Waals surface area contributed by atoms with Crippen LogP contribution in [0.15, 0.2) is 31.4 Å². The van der Waals surface area contributed by atoms with Crippen molar-refractivity contribution in [3.05, 3.63) is 31.4 Å². The third-order valence-corrected chi connectivity index (χ3v) is 5.64. The lowest BCUT2D eigenvalue weighted by Crippen LogP contribution is -2.36. The summed E-state index contributed by atoms with van der Waals surface area (Å²) in [5, 5.41) is 10.8. The molecule has 2 N–H and O–H groups in total. The highest BCUT2D eigenvalue weighted by molar-refractivity contribution is 5.87. The van der Waals surface area contributed by atoms with Gasteiger partial charge in [-0.15, -0.1) is 0 Å². The van der Waals surface area contributed by atoms with Crippen LogP contribution in [0.4, 0.5) is 17.5 Å². The highest BCUT2D eigenvalue weighted by atomic mass is 16.1. The largest absolute Gasteiger partial charge is 0.348 e. The zero-order valence-corrected chi connectivity index (χ0v) is 19.7. The highest BCUT2D eigenvalue weighted by Crippen LogP contribution is 2.28. The first-order valence-electron chi connectivity index (χ1n) is 11.2. The molecule has 0 bridgehead atoms. The number of amides is 1. The van der Waals surface area contributed by atoms with Gasteiger partial charge < -0.3 is 25.0 Å². The van der Waals surface area contributed by atoms with E-state index in [4.69, 9.17) is 9.97 Å². The normalized spacial score (nSPS) is 16.2. The summed E-state index contributed by atoms with van der Waals surface area (Å²) in [4.78, 5) is 30.2. The van der Waals surface area contributed by atoms with Crippen LogP contribution in [0.25, 0.3) is 11.2 Å². The number of aromatic nitrogens is 6. The Labute approximate surface area is 193 Å². The van der Waals surface area contributed by atoms with Gasteiger partial charge in [0.2, 0.25) is 11.9 Å². The highest BCUT2D eigenvalue weighted by Gasteiger charge is 2.27. The van der Waals surface area contributed by atoms with Gasteiger partial charge in [0, 0.05) is 37.9 Å². The summed E-state index contributed by atoms with van der Waals surface area (Å²) >= 11 is 0. The molecule has 1 atom stereocenters. The van der Waals surface area contributed by atoms with Crippen molar-refractivity contribution in [3.8, 4) is 0 Å². The van der Waals surface area contributed by atoms with Crippen LogP contribution in [0.1, 0.15) is 26.3 Å². The standard InChI is InChI=1S/C22H32N10O/c1-6-18(33)25-16-7-8-30(12-16)22-27-20(19-21(28-22)32(14-23-19)15(2)3)26-17-11-24-31(13-17)10-9-29(4)5/h6,11,13-16H,1,7-10,12H2,2-5H3,(H,25,33)(H,26,27,28). The van der Waals surface area contributed by atoms with Crippen molar-refractivity contribution in [1.82, 2.24) is 39.5 Å². The SMILES string of the molecule is C=CC(=O)NC1CCN(c2nc(Nc3cnn(CCN(C)C)c3)c3ncn(C(C)C)c3n2)C1. The fourth-order valence-corrected chi connectivity index (χ4v) is 3.82. The molecule has 33 heavy (non-hydrogen) atoms. The first kappa shape index (κ1) is 22.7. The maximum absolute atomic E-state index is 11.7. The minimum atomic E-state index is -0.162. The van der Waals surface area contributed by atoms with Crippen LogP contribution in [0.2, 0.25) is 0 Å². The quantitative estimate of drug-likeness (QED) is 0.473. The number of anilines is 3. The minimum Gasteiger partial charge on any atom is -0.348 e. The van der Waals surface area contributed by atoms with Crippen molar-refractivity contribution in [1.29, 1.82) is 0 Å². The maximum atomic E-state index is 11.7. The molecule has 11 heteroatoms. The van der Waals surface area contributed by atoms with E-state index in [9.17, 15) is 4.79 Å². The molecule has 0 saturated carbocycles. The molecule has 1 fully saturated rings. The number of nitrogens with zero attached hydrogens (tertiary/aromatic N) is 8. The molecule has 1 aliphatic rings. The van der Waals surface area contributed by atoms with Crippen molar-refractivity contribution in [2.75, 3.05) is 43.9 Å². The molecule has 11 nitrogen and oxygen atoms in total. The number of fused-ring (bicyclic) bond motifs is 1.